The normalized spacial score (nSPS) is 11.0. The highest BCUT2D eigenvalue weighted by atomic mass is 32.2. The molecule has 0 saturated carbocycles. The van der Waals surface area contributed by atoms with E-state index in [1.165, 1.54) is 34.9 Å². The monoisotopic (exact) mass is 416 g/mol. The maximum Gasteiger partial charge on any atom is 0.250 e. The van der Waals surface area contributed by atoms with E-state index in [0.717, 1.165) is 20.0 Å². The molecule has 27 heavy (non-hydrogen) atoms. The standard InChI is InChI=1S/C18H16N4O2S3/c23-15-8-6-13(7-9-15)10-19-20-16(24)12-26-18-22-21-17(27-18)25-11-14-4-2-1-3-5-14/h1-10,23H,11-12H2,(H,20,24)/b19-10+. The van der Waals surface area contributed by atoms with Crippen molar-refractivity contribution in [3.05, 3.63) is 65.7 Å². The van der Waals surface area contributed by atoms with Gasteiger partial charge in [0.05, 0.1) is 12.0 Å². The van der Waals surface area contributed by atoms with Gasteiger partial charge in [-0.15, -0.1) is 10.2 Å². The Balaban J connectivity index is 1.40. The van der Waals surface area contributed by atoms with Gasteiger partial charge in [-0.1, -0.05) is 65.2 Å². The Labute approximate surface area is 169 Å². The molecule has 6 nitrogen and oxygen atoms in total. The van der Waals surface area contributed by atoms with Gasteiger partial charge in [-0.3, -0.25) is 4.79 Å². The molecule has 138 valence electrons. The van der Waals surface area contributed by atoms with Crippen molar-refractivity contribution >= 4 is 47.0 Å². The zero-order valence-corrected chi connectivity index (χ0v) is 16.6. The van der Waals surface area contributed by atoms with Crippen molar-refractivity contribution < 1.29 is 9.90 Å². The maximum absolute atomic E-state index is 11.8. The van der Waals surface area contributed by atoms with Crippen LogP contribution in [0.5, 0.6) is 5.75 Å². The second-order valence-corrected chi connectivity index (χ2v) is 8.70. The second-order valence-electron chi connectivity index (χ2n) is 5.28. The van der Waals surface area contributed by atoms with Crippen molar-refractivity contribution in [1.82, 2.24) is 15.6 Å². The first-order valence-electron chi connectivity index (χ1n) is 7.93. The number of nitrogens with one attached hydrogen (secondary N) is 1. The number of hydrogen-bond donors (Lipinski definition) is 2. The smallest absolute Gasteiger partial charge is 0.250 e. The molecule has 0 aliphatic rings. The molecule has 3 aromatic rings. The Morgan fingerprint density at radius 1 is 1.07 bits per heavy atom. The number of phenolic OH excluding ortho intramolecular Hbond substituents is 1. The van der Waals surface area contributed by atoms with Gasteiger partial charge in [0.2, 0.25) is 0 Å². The Bertz CT molecular complexity index is 898. The number of phenols is 1. The van der Waals surface area contributed by atoms with Crippen LogP contribution in [0.25, 0.3) is 0 Å². The SMILES string of the molecule is O=C(CSc1nnc(SCc2ccccc2)s1)N/N=C/c1ccc(O)cc1. The fourth-order valence-electron chi connectivity index (χ4n) is 1.93. The van der Waals surface area contributed by atoms with Crippen molar-refractivity contribution in [1.29, 1.82) is 0 Å². The number of aromatic nitrogens is 2. The summed E-state index contributed by atoms with van der Waals surface area (Å²) in [7, 11) is 0. The predicted molar refractivity (Wildman–Crippen MR) is 110 cm³/mol. The molecule has 0 aliphatic carbocycles. The number of benzene rings is 2. The lowest BCUT2D eigenvalue weighted by molar-refractivity contribution is -0.118. The van der Waals surface area contributed by atoms with E-state index in [-0.39, 0.29) is 17.4 Å². The summed E-state index contributed by atoms with van der Waals surface area (Å²) >= 11 is 4.44. The zero-order chi connectivity index (χ0) is 18.9. The van der Waals surface area contributed by atoms with Gasteiger partial charge in [0, 0.05) is 5.75 Å². The van der Waals surface area contributed by atoms with Gasteiger partial charge in [0.1, 0.15) is 5.75 Å². The fraction of sp³-hybridized carbons (Fsp3) is 0.111. The number of carbonyl (C=O) groups is 1. The molecule has 3 rings (SSSR count). The number of rotatable bonds is 8. The third kappa shape index (κ3) is 6.70. The van der Waals surface area contributed by atoms with Crippen molar-refractivity contribution in [2.24, 2.45) is 5.10 Å². The van der Waals surface area contributed by atoms with Crippen LogP contribution < -0.4 is 5.43 Å². The molecule has 2 aromatic carbocycles. The van der Waals surface area contributed by atoms with Gasteiger partial charge in [0.15, 0.2) is 8.68 Å². The van der Waals surface area contributed by atoms with E-state index in [1.54, 1.807) is 36.0 Å². The second kappa shape index (κ2) is 10.1. The highest BCUT2D eigenvalue weighted by molar-refractivity contribution is 8.03. The molecule has 0 saturated heterocycles. The summed E-state index contributed by atoms with van der Waals surface area (Å²) < 4.78 is 1.63. The molecule has 0 aliphatic heterocycles. The number of aromatic hydroxyl groups is 1. The minimum atomic E-state index is -0.219. The van der Waals surface area contributed by atoms with Crippen LogP contribution in [0.2, 0.25) is 0 Å². The first-order chi connectivity index (χ1) is 13.2. The van der Waals surface area contributed by atoms with Crippen LogP contribution in [-0.4, -0.2) is 33.2 Å². The van der Waals surface area contributed by atoms with E-state index in [4.69, 9.17) is 0 Å². The molecule has 0 spiro atoms. The van der Waals surface area contributed by atoms with Gasteiger partial charge in [-0.05, 0) is 35.4 Å². The van der Waals surface area contributed by atoms with E-state index < -0.39 is 0 Å². The van der Waals surface area contributed by atoms with Crippen molar-refractivity contribution in [3.8, 4) is 5.75 Å². The molecule has 9 heteroatoms. The summed E-state index contributed by atoms with van der Waals surface area (Å²) in [6.45, 7) is 0. The first-order valence-corrected chi connectivity index (χ1v) is 10.7. The van der Waals surface area contributed by atoms with Crippen LogP contribution in [0.3, 0.4) is 0 Å². The predicted octanol–water partition coefficient (Wildman–Crippen LogP) is 3.78. The van der Waals surface area contributed by atoms with Gasteiger partial charge in [0.25, 0.3) is 5.91 Å². The molecule has 0 unspecified atom stereocenters. The summed E-state index contributed by atoms with van der Waals surface area (Å²) in [5, 5.41) is 21.4. The van der Waals surface area contributed by atoms with Crippen LogP contribution >= 0.6 is 34.9 Å². The minimum absolute atomic E-state index is 0.186. The first kappa shape index (κ1) is 19.4. The maximum atomic E-state index is 11.8. The van der Waals surface area contributed by atoms with Crippen LogP contribution in [0, 0.1) is 0 Å². The molecule has 0 bridgehead atoms. The largest absolute Gasteiger partial charge is 0.508 e. The van der Waals surface area contributed by atoms with E-state index in [0.29, 0.717) is 0 Å². The summed E-state index contributed by atoms with van der Waals surface area (Å²) in [5.74, 6) is 1.02. The summed E-state index contributed by atoms with van der Waals surface area (Å²) in [5.41, 5.74) is 4.48. The lowest BCUT2D eigenvalue weighted by Crippen LogP contribution is -2.19. The number of carbonyl (C=O) groups excluding carboxylic acids is 1. The van der Waals surface area contributed by atoms with Gasteiger partial charge >= 0.3 is 0 Å². The van der Waals surface area contributed by atoms with Gasteiger partial charge in [-0.2, -0.15) is 5.10 Å². The van der Waals surface area contributed by atoms with E-state index in [9.17, 15) is 9.90 Å². The molecular formula is C18H16N4O2S3. The number of thioether (sulfide) groups is 2. The highest BCUT2D eigenvalue weighted by Gasteiger charge is 2.08. The molecule has 1 amide bonds. The topological polar surface area (TPSA) is 87.5 Å². The van der Waals surface area contributed by atoms with Gasteiger partial charge < -0.3 is 5.11 Å². The average molecular weight is 417 g/mol. The molecule has 1 heterocycles. The number of hydrazone groups is 1. The molecule has 1 aromatic heterocycles. The molecular weight excluding hydrogens is 400 g/mol. The third-order valence-electron chi connectivity index (χ3n) is 3.22. The summed E-state index contributed by atoms with van der Waals surface area (Å²) in [6.07, 6.45) is 1.52. The fourth-order valence-corrected chi connectivity index (χ4v) is 4.70. The lowest BCUT2D eigenvalue weighted by atomic mass is 10.2. The Hall–Kier alpha value is -2.36. The van der Waals surface area contributed by atoms with Crippen molar-refractivity contribution in [2.45, 2.75) is 14.4 Å². The molecule has 2 N–H and O–H groups in total. The quantitative estimate of drug-likeness (QED) is 0.330. The number of hydrogen-bond acceptors (Lipinski definition) is 8. The van der Waals surface area contributed by atoms with E-state index in [2.05, 4.69) is 32.9 Å². The lowest BCUT2D eigenvalue weighted by Gasteiger charge is -1.98. The summed E-state index contributed by atoms with van der Waals surface area (Å²) in [4.78, 5) is 11.8. The Morgan fingerprint density at radius 3 is 2.52 bits per heavy atom. The third-order valence-corrected chi connectivity index (χ3v) is 6.48. The van der Waals surface area contributed by atoms with E-state index in [1.807, 2.05) is 18.2 Å². The Kier molecular flexibility index (Phi) is 7.26. The number of nitrogens with zero attached hydrogens (tertiary/aromatic N) is 3. The van der Waals surface area contributed by atoms with Crippen LogP contribution in [-0.2, 0) is 10.5 Å². The number of amides is 1. The summed E-state index contributed by atoms with van der Waals surface area (Å²) in [6, 6.07) is 16.7. The van der Waals surface area contributed by atoms with Crippen molar-refractivity contribution in [2.75, 3.05) is 5.75 Å². The highest BCUT2D eigenvalue weighted by Crippen LogP contribution is 2.30. The van der Waals surface area contributed by atoms with Gasteiger partial charge in [-0.25, -0.2) is 5.43 Å². The Morgan fingerprint density at radius 2 is 1.78 bits per heavy atom. The molecule has 0 fully saturated rings. The molecule has 0 radical (unpaired) electrons. The van der Waals surface area contributed by atoms with Crippen LogP contribution in [0.4, 0.5) is 0 Å². The average Bonchev–Trinajstić information content (AvgIpc) is 3.15. The van der Waals surface area contributed by atoms with Crippen molar-refractivity contribution in [3.63, 3.8) is 0 Å². The van der Waals surface area contributed by atoms with Crippen LogP contribution in [0.15, 0.2) is 68.4 Å². The zero-order valence-electron chi connectivity index (χ0n) is 14.1. The van der Waals surface area contributed by atoms with E-state index >= 15 is 0 Å². The molecule has 0 atom stereocenters. The van der Waals surface area contributed by atoms with Crippen LogP contribution in [0.1, 0.15) is 11.1 Å². The minimum Gasteiger partial charge on any atom is -0.508 e.